The molecule has 0 saturated heterocycles. The average Bonchev–Trinajstić information content (AvgIpc) is 2.58. The fourth-order valence-corrected chi connectivity index (χ4v) is 4.62. The van der Waals surface area contributed by atoms with E-state index in [-0.39, 0.29) is 16.9 Å². The van der Waals surface area contributed by atoms with Crippen molar-refractivity contribution in [1.82, 2.24) is 0 Å². The Morgan fingerprint density at radius 2 is 1.54 bits per heavy atom. The Hall–Kier alpha value is -1.86. The van der Waals surface area contributed by atoms with Crippen molar-refractivity contribution in [2.45, 2.75) is 78.2 Å². The van der Waals surface area contributed by atoms with Gasteiger partial charge in [-0.05, 0) is 48.9 Å². The van der Waals surface area contributed by atoms with Crippen LogP contribution in [0.1, 0.15) is 72.1 Å². The van der Waals surface area contributed by atoms with E-state index in [0.717, 1.165) is 19.3 Å². The third kappa shape index (κ3) is 8.49. The minimum atomic E-state index is -0.0653. The summed E-state index contributed by atoms with van der Waals surface area (Å²) < 4.78 is 0. The molecule has 6 nitrogen and oxygen atoms in total. The minimum Gasteiger partial charge on any atom is -0.211 e. The first kappa shape index (κ1) is 22.2. The lowest BCUT2D eigenvalue weighted by Gasteiger charge is -2.44. The zero-order valence-corrected chi connectivity index (χ0v) is 16.3. The lowest BCUT2D eigenvalue weighted by atomic mass is 9.63. The van der Waals surface area contributed by atoms with Crippen LogP contribution in [0.5, 0.6) is 0 Å². The molecule has 2 rings (SSSR count). The lowest BCUT2D eigenvalue weighted by molar-refractivity contribution is 0.0915. The molecule has 0 N–H and O–H groups in total. The van der Waals surface area contributed by atoms with Crippen LogP contribution in [0.15, 0.2) is 15.0 Å². The smallest absolute Gasteiger partial charge is 0.211 e. The van der Waals surface area contributed by atoms with Gasteiger partial charge >= 0.3 is 0 Å². The molecular weight excluding hydrogens is 330 g/mol. The summed E-state index contributed by atoms with van der Waals surface area (Å²) in [7, 11) is 0. The highest BCUT2D eigenvalue weighted by molar-refractivity contribution is 5.34. The van der Waals surface area contributed by atoms with Crippen molar-refractivity contribution < 1.29 is 14.4 Å². The zero-order chi connectivity index (χ0) is 19.5. The van der Waals surface area contributed by atoms with Crippen molar-refractivity contribution in [3.63, 3.8) is 0 Å². The molecule has 0 heterocycles. The van der Waals surface area contributed by atoms with Gasteiger partial charge in [-0.15, -0.1) is 0 Å². The molecule has 0 amide bonds. The van der Waals surface area contributed by atoms with E-state index in [2.05, 4.69) is 35.7 Å². The van der Waals surface area contributed by atoms with E-state index in [1.54, 1.807) is 18.2 Å². The van der Waals surface area contributed by atoms with Gasteiger partial charge in [-0.25, -0.2) is 29.4 Å². The molecule has 2 aliphatic rings. The predicted molar refractivity (Wildman–Crippen MR) is 100 cm³/mol. The van der Waals surface area contributed by atoms with Crippen molar-refractivity contribution >= 4 is 18.2 Å². The predicted octanol–water partition coefficient (Wildman–Crippen LogP) is 4.15. The summed E-state index contributed by atoms with van der Waals surface area (Å²) in [6.45, 7) is 7.57. The van der Waals surface area contributed by atoms with E-state index in [9.17, 15) is 14.4 Å². The summed E-state index contributed by atoms with van der Waals surface area (Å²) in [5.74, 6) is 0.676. The molecule has 0 aromatic rings. The van der Waals surface area contributed by atoms with Gasteiger partial charge in [-0.1, -0.05) is 40.0 Å². The Bertz CT molecular complexity index is 579. The van der Waals surface area contributed by atoms with Crippen LogP contribution in [0.2, 0.25) is 0 Å². The molecule has 0 radical (unpaired) electrons. The Morgan fingerprint density at radius 3 is 2.12 bits per heavy atom. The van der Waals surface area contributed by atoms with Crippen molar-refractivity contribution in [3.8, 4) is 0 Å². The Labute approximate surface area is 156 Å². The van der Waals surface area contributed by atoms with Gasteiger partial charge in [0.1, 0.15) is 0 Å². The van der Waals surface area contributed by atoms with Gasteiger partial charge in [-0.3, -0.25) is 0 Å². The number of hydrogen-bond donors (Lipinski definition) is 0. The van der Waals surface area contributed by atoms with Crippen molar-refractivity contribution in [2.24, 2.45) is 31.7 Å². The number of aliphatic imine (C=N–C) groups is 3. The van der Waals surface area contributed by atoms with Crippen LogP contribution in [0, 0.1) is 16.7 Å². The molecule has 2 atom stereocenters. The van der Waals surface area contributed by atoms with Crippen LogP contribution in [0.3, 0.4) is 0 Å². The number of isocyanates is 3. The molecule has 0 spiro atoms. The van der Waals surface area contributed by atoms with Gasteiger partial charge in [0.05, 0.1) is 19.1 Å². The van der Waals surface area contributed by atoms with E-state index in [1.165, 1.54) is 32.1 Å². The third-order valence-electron chi connectivity index (χ3n) is 5.32. The molecule has 2 aliphatic carbocycles. The van der Waals surface area contributed by atoms with E-state index in [4.69, 9.17) is 0 Å². The first-order valence-corrected chi connectivity index (χ1v) is 9.48. The highest BCUT2D eigenvalue weighted by Gasteiger charge is 2.41. The maximum absolute atomic E-state index is 10.3. The van der Waals surface area contributed by atoms with Gasteiger partial charge < -0.3 is 0 Å². The number of carbonyl (C=O) groups excluding carboxylic acids is 3. The molecule has 144 valence electrons. The summed E-state index contributed by atoms with van der Waals surface area (Å²) in [5.41, 5.74) is 0.0561. The topological polar surface area (TPSA) is 88.3 Å². The SMILES string of the molecule is CC1(C)CC(N=C=O)CC(C)(CN=C=O)C1.O=C=NCC1CCCCC1. The van der Waals surface area contributed by atoms with Crippen LogP contribution in [0.25, 0.3) is 0 Å². The molecule has 2 unspecified atom stereocenters. The zero-order valence-electron chi connectivity index (χ0n) is 16.3. The van der Waals surface area contributed by atoms with Crippen molar-refractivity contribution in [3.05, 3.63) is 0 Å². The molecular formula is C20H31N3O3. The summed E-state index contributed by atoms with van der Waals surface area (Å²) in [5, 5.41) is 0. The first-order chi connectivity index (χ1) is 12.3. The number of nitrogens with zero attached hydrogens (tertiary/aromatic N) is 3. The average molecular weight is 361 g/mol. The lowest BCUT2D eigenvalue weighted by Crippen LogP contribution is -2.39. The minimum absolute atomic E-state index is 0.00750. The van der Waals surface area contributed by atoms with Gasteiger partial charge in [-0.2, -0.15) is 0 Å². The monoisotopic (exact) mass is 361 g/mol. The van der Waals surface area contributed by atoms with E-state index in [1.807, 2.05) is 0 Å². The molecule has 0 aromatic carbocycles. The largest absolute Gasteiger partial charge is 0.235 e. The highest BCUT2D eigenvalue weighted by Crippen LogP contribution is 2.47. The quantitative estimate of drug-likeness (QED) is 0.544. The third-order valence-corrected chi connectivity index (χ3v) is 5.32. The second-order valence-electron chi connectivity index (χ2n) is 8.78. The standard InChI is InChI=1S/C12H18N2O2.C8H13NO/c1-11(2)4-10(14-9-16)5-12(3,6-11)7-13-8-15;10-7-9-6-8-4-2-1-3-5-8/h10H,4-7H2,1-3H3;8H,1-6H2. The Kier molecular flexibility index (Phi) is 9.37. The molecule has 0 aromatic heterocycles. The number of rotatable bonds is 5. The Balaban J connectivity index is 0.000000289. The Morgan fingerprint density at radius 1 is 0.885 bits per heavy atom. The second kappa shape index (κ2) is 11.0. The van der Waals surface area contributed by atoms with Gasteiger partial charge in [0.2, 0.25) is 18.2 Å². The number of hydrogen-bond acceptors (Lipinski definition) is 6. The molecule has 0 bridgehead atoms. The maximum atomic E-state index is 10.3. The van der Waals surface area contributed by atoms with Gasteiger partial charge in [0.15, 0.2) is 0 Å². The fourth-order valence-electron chi connectivity index (χ4n) is 4.62. The molecule has 0 aliphatic heterocycles. The molecule has 2 saturated carbocycles. The van der Waals surface area contributed by atoms with Gasteiger partial charge in [0, 0.05) is 0 Å². The normalized spacial score (nSPS) is 27.6. The summed E-state index contributed by atoms with van der Waals surface area (Å²) >= 11 is 0. The van der Waals surface area contributed by atoms with E-state index < -0.39 is 0 Å². The molecule has 6 heteroatoms. The van der Waals surface area contributed by atoms with Crippen LogP contribution < -0.4 is 0 Å². The first-order valence-electron chi connectivity index (χ1n) is 9.48. The van der Waals surface area contributed by atoms with Crippen LogP contribution in [0.4, 0.5) is 0 Å². The summed E-state index contributed by atoms with van der Waals surface area (Å²) in [6.07, 6.45) is 14.0. The molecule has 26 heavy (non-hydrogen) atoms. The maximum Gasteiger partial charge on any atom is 0.235 e. The summed E-state index contributed by atoms with van der Waals surface area (Å²) in [4.78, 5) is 41.4. The van der Waals surface area contributed by atoms with Crippen LogP contribution in [-0.2, 0) is 14.4 Å². The van der Waals surface area contributed by atoms with Gasteiger partial charge in [0.25, 0.3) is 0 Å². The van der Waals surface area contributed by atoms with Crippen molar-refractivity contribution in [1.29, 1.82) is 0 Å². The van der Waals surface area contributed by atoms with Crippen molar-refractivity contribution in [2.75, 3.05) is 13.1 Å². The highest BCUT2D eigenvalue weighted by atomic mass is 16.1. The van der Waals surface area contributed by atoms with E-state index >= 15 is 0 Å². The van der Waals surface area contributed by atoms with E-state index in [0.29, 0.717) is 19.0 Å². The van der Waals surface area contributed by atoms with Crippen LogP contribution >= 0.6 is 0 Å². The second-order valence-corrected chi connectivity index (χ2v) is 8.78. The molecule has 2 fully saturated rings. The van der Waals surface area contributed by atoms with Crippen LogP contribution in [-0.4, -0.2) is 37.4 Å². The summed E-state index contributed by atoms with van der Waals surface area (Å²) in [6, 6.07) is 0.00750. The fraction of sp³-hybridized carbons (Fsp3) is 0.850.